The molecule has 0 aromatic heterocycles. The number of allylic oxidation sites excluding steroid dienone is 2. The Hall–Kier alpha value is -2.15. The smallest absolute Gasteiger partial charge is 0.127 e. The summed E-state index contributed by atoms with van der Waals surface area (Å²) in [6.07, 6.45) is 39.6. The van der Waals surface area contributed by atoms with Crippen molar-refractivity contribution in [2.75, 3.05) is 0 Å². The molecule has 0 nitrogen and oxygen atoms in total. The summed E-state index contributed by atoms with van der Waals surface area (Å²) in [5.74, 6) is 0.958. The van der Waals surface area contributed by atoms with Gasteiger partial charge in [-0.3, -0.25) is 0 Å². The molecule has 256 valence electrons. The lowest BCUT2D eigenvalue weighted by Gasteiger charge is -2.17. The summed E-state index contributed by atoms with van der Waals surface area (Å²) >= 11 is 0. The third kappa shape index (κ3) is 17.1. The molecule has 0 unspecified atom stereocenters. The molecule has 0 aliphatic heterocycles. The molecule has 1 saturated carbocycles. The summed E-state index contributed by atoms with van der Waals surface area (Å²) in [7, 11) is 0. The second kappa shape index (κ2) is 24.9. The number of aryl methyl sites for hydroxylation is 2. The van der Waals surface area contributed by atoms with E-state index in [1.165, 1.54) is 160 Å². The molecule has 2 aromatic rings. The lowest BCUT2D eigenvalue weighted by atomic mass is 9.89. The molecule has 46 heavy (non-hydrogen) atoms. The number of rotatable bonds is 21. The predicted molar refractivity (Wildman–Crippen MR) is 202 cm³/mol. The van der Waals surface area contributed by atoms with Crippen LogP contribution >= 0.6 is 0 Å². The number of benzene rings is 2. The Kier molecular flexibility index (Phi) is 20.8. The van der Waals surface area contributed by atoms with Crippen LogP contribution in [0.4, 0.5) is 4.39 Å². The summed E-state index contributed by atoms with van der Waals surface area (Å²) in [5.41, 5.74) is 5.50. The maximum atomic E-state index is 14.9. The Balaban J connectivity index is 1.22. The molecule has 0 saturated heterocycles. The van der Waals surface area contributed by atoms with Gasteiger partial charge < -0.3 is 0 Å². The second-order valence-corrected chi connectivity index (χ2v) is 14.6. The monoisotopic (exact) mass is 629 g/mol. The third-order valence-electron chi connectivity index (χ3n) is 10.6. The first-order chi connectivity index (χ1) is 22.7. The summed E-state index contributed by atoms with van der Waals surface area (Å²) in [6.45, 7) is 7.75. The van der Waals surface area contributed by atoms with Crippen LogP contribution in [0, 0.1) is 11.7 Å². The van der Waals surface area contributed by atoms with Gasteiger partial charge >= 0.3 is 0 Å². The van der Waals surface area contributed by atoms with E-state index in [1.54, 1.807) is 6.07 Å². The van der Waals surface area contributed by atoms with Crippen molar-refractivity contribution in [2.45, 2.75) is 180 Å². The topological polar surface area (TPSA) is 0 Å². The Morgan fingerprint density at radius 1 is 0.587 bits per heavy atom. The molecule has 1 fully saturated rings. The SMILES string of the molecule is C=CC(=C)CCCCCCCCc1ccc(-c2ccc(CCCCCCCCCC3CCCCCCCCCCC3)cc2)cc1F. The summed E-state index contributed by atoms with van der Waals surface area (Å²) < 4.78 is 14.9. The highest BCUT2D eigenvalue weighted by molar-refractivity contribution is 5.64. The molecule has 0 spiro atoms. The largest absolute Gasteiger partial charge is 0.207 e. The zero-order valence-corrected chi connectivity index (χ0v) is 29.8. The first-order valence-corrected chi connectivity index (χ1v) is 19.8. The van der Waals surface area contributed by atoms with Gasteiger partial charge in [-0.2, -0.15) is 0 Å². The lowest BCUT2D eigenvalue weighted by molar-refractivity contribution is 0.360. The van der Waals surface area contributed by atoms with E-state index in [0.717, 1.165) is 53.9 Å². The predicted octanol–water partition coefficient (Wildman–Crippen LogP) is 15.1. The van der Waals surface area contributed by atoms with Gasteiger partial charge in [-0.05, 0) is 72.8 Å². The van der Waals surface area contributed by atoms with Crippen LogP contribution in [0.15, 0.2) is 67.3 Å². The van der Waals surface area contributed by atoms with E-state index in [9.17, 15) is 4.39 Å². The molecule has 0 radical (unpaired) electrons. The fraction of sp³-hybridized carbons (Fsp3) is 0.644. The highest BCUT2D eigenvalue weighted by Crippen LogP contribution is 2.27. The van der Waals surface area contributed by atoms with Crippen LogP contribution in [0.1, 0.15) is 178 Å². The van der Waals surface area contributed by atoms with Gasteiger partial charge in [0.25, 0.3) is 0 Å². The van der Waals surface area contributed by atoms with Gasteiger partial charge in [0.2, 0.25) is 0 Å². The minimum absolute atomic E-state index is 0.0548. The van der Waals surface area contributed by atoms with Gasteiger partial charge in [0.05, 0.1) is 0 Å². The molecule has 0 bridgehead atoms. The van der Waals surface area contributed by atoms with Crippen LogP contribution in [-0.2, 0) is 12.8 Å². The van der Waals surface area contributed by atoms with E-state index in [1.807, 2.05) is 12.1 Å². The van der Waals surface area contributed by atoms with Crippen LogP contribution in [0.2, 0.25) is 0 Å². The standard InChI is InChI=1S/C45H69F/c1-3-39(2)26-20-14-12-13-19-25-31-43-36-37-44(38-45(43)46)42-34-32-41(33-35-42)30-24-18-11-7-10-17-23-29-40-27-21-15-8-5-4-6-9-16-22-28-40/h3,32-38,40H,1-2,4-31H2. The first kappa shape index (κ1) is 38.3. The zero-order valence-electron chi connectivity index (χ0n) is 29.8. The Morgan fingerprint density at radius 2 is 1.09 bits per heavy atom. The maximum absolute atomic E-state index is 14.9. The van der Waals surface area contributed by atoms with Gasteiger partial charge in [-0.1, -0.05) is 202 Å². The van der Waals surface area contributed by atoms with Crippen LogP contribution < -0.4 is 0 Å². The van der Waals surface area contributed by atoms with E-state index in [4.69, 9.17) is 0 Å². The first-order valence-electron chi connectivity index (χ1n) is 19.8. The van der Waals surface area contributed by atoms with Crippen LogP contribution in [0.25, 0.3) is 11.1 Å². The molecule has 3 rings (SSSR count). The van der Waals surface area contributed by atoms with Gasteiger partial charge in [-0.15, -0.1) is 0 Å². The lowest BCUT2D eigenvalue weighted by Crippen LogP contribution is -2.02. The molecule has 0 heterocycles. The van der Waals surface area contributed by atoms with E-state index in [0.29, 0.717) is 0 Å². The van der Waals surface area contributed by atoms with Crippen molar-refractivity contribution in [3.8, 4) is 11.1 Å². The Morgan fingerprint density at radius 3 is 1.67 bits per heavy atom. The normalized spacial score (nSPS) is 15.2. The number of hydrogen-bond acceptors (Lipinski definition) is 0. The van der Waals surface area contributed by atoms with Gasteiger partial charge in [0.15, 0.2) is 0 Å². The second-order valence-electron chi connectivity index (χ2n) is 14.6. The molecule has 0 atom stereocenters. The highest BCUT2D eigenvalue weighted by atomic mass is 19.1. The van der Waals surface area contributed by atoms with Gasteiger partial charge in [0, 0.05) is 0 Å². The molecule has 1 aliphatic rings. The van der Waals surface area contributed by atoms with Crippen molar-refractivity contribution in [1.29, 1.82) is 0 Å². The average molecular weight is 629 g/mol. The number of unbranched alkanes of at least 4 members (excludes halogenated alkanes) is 11. The highest BCUT2D eigenvalue weighted by Gasteiger charge is 2.10. The van der Waals surface area contributed by atoms with Crippen molar-refractivity contribution in [3.05, 3.63) is 84.2 Å². The number of halogens is 1. The molecule has 2 aromatic carbocycles. The molecule has 1 aliphatic carbocycles. The van der Waals surface area contributed by atoms with Crippen LogP contribution in [-0.4, -0.2) is 0 Å². The van der Waals surface area contributed by atoms with Crippen molar-refractivity contribution < 1.29 is 4.39 Å². The van der Waals surface area contributed by atoms with Gasteiger partial charge in [-0.25, -0.2) is 4.39 Å². The fourth-order valence-electron chi connectivity index (χ4n) is 7.45. The molecular formula is C45H69F. The van der Waals surface area contributed by atoms with E-state index < -0.39 is 0 Å². The number of hydrogen-bond donors (Lipinski definition) is 0. The quantitative estimate of drug-likeness (QED) is 0.0953. The molecular weight excluding hydrogens is 559 g/mol. The van der Waals surface area contributed by atoms with Crippen LogP contribution in [0.5, 0.6) is 0 Å². The average Bonchev–Trinajstić information content (AvgIpc) is 3.06. The Labute approximate surface area is 284 Å². The third-order valence-corrected chi connectivity index (χ3v) is 10.6. The summed E-state index contributed by atoms with van der Waals surface area (Å²) in [6, 6.07) is 14.7. The molecule has 0 N–H and O–H groups in total. The van der Waals surface area contributed by atoms with Crippen molar-refractivity contribution in [3.63, 3.8) is 0 Å². The van der Waals surface area contributed by atoms with Crippen molar-refractivity contribution >= 4 is 0 Å². The molecule has 1 heteroatoms. The Bertz CT molecular complexity index is 1050. The summed E-state index contributed by atoms with van der Waals surface area (Å²) in [5, 5.41) is 0. The van der Waals surface area contributed by atoms with Gasteiger partial charge in [0.1, 0.15) is 5.82 Å². The zero-order chi connectivity index (χ0) is 32.5. The van der Waals surface area contributed by atoms with Crippen molar-refractivity contribution in [2.24, 2.45) is 5.92 Å². The molecule has 0 amide bonds. The maximum Gasteiger partial charge on any atom is 0.127 e. The van der Waals surface area contributed by atoms with E-state index >= 15 is 0 Å². The van der Waals surface area contributed by atoms with Crippen molar-refractivity contribution in [1.82, 2.24) is 0 Å². The minimum atomic E-state index is -0.0548. The fourth-order valence-corrected chi connectivity index (χ4v) is 7.45. The minimum Gasteiger partial charge on any atom is -0.207 e. The van der Waals surface area contributed by atoms with E-state index in [-0.39, 0.29) is 5.82 Å². The van der Waals surface area contributed by atoms with Crippen LogP contribution in [0.3, 0.4) is 0 Å². The van der Waals surface area contributed by atoms with E-state index in [2.05, 4.69) is 43.5 Å². The summed E-state index contributed by atoms with van der Waals surface area (Å²) in [4.78, 5) is 0.